The molecule has 0 saturated heterocycles. The summed E-state index contributed by atoms with van der Waals surface area (Å²) in [6, 6.07) is 0. The summed E-state index contributed by atoms with van der Waals surface area (Å²) in [5.74, 6) is 1.95. The molecule has 0 N–H and O–H groups in total. The van der Waals surface area contributed by atoms with Gasteiger partial charge in [-0.15, -0.1) is 0 Å². The van der Waals surface area contributed by atoms with Gasteiger partial charge in [0, 0.05) is 13.0 Å². The quantitative estimate of drug-likeness (QED) is 0.737. The van der Waals surface area contributed by atoms with E-state index in [0.717, 1.165) is 36.9 Å². The largest absolute Gasteiger partial charge is 0.330 e. The van der Waals surface area contributed by atoms with E-state index in [1.807, 2.05) is 0 Å². The van der Waals surface area contributed by atoms with Gasteiger partial charge in [-0.25, -0.2) is 4.98 Å². The summed E-state index contributed by atoms with van der Waals surface area (Å²) < 4.78 is 2.33. The standard InChI is InChI=1S/C11H17ClN2/c1-3-4-10-13-11(12)9-6-5-8(2)7-14(9)10/h8H,3-7H2,1-2H3. The van der Waals surface area contributed by atoms with Gasteiger partial charge in [0.25, 0.3) is 0 Å². The summed E-state index contributed by atoms with van der Waals surface area (Å²) in [5, 5.41) is 0.736. The molecule has 2 heterocycles. The number of halogens is 1. The van der Waals surface area contributed by atoms with Crippen LogP contribution >= 0.6 is 11.6 Å². The predicted molar refractivity (Wildman–Crippen MR) is 58.7 cm³/mol. The molecule has 0 saturated carbocycles. The van der Waals surface area contributed by atoms with E-state index in [2.05, 4.69) is 23.4 Å². The van der Waals surface area contributed by atoms with Crippen molar-refractivity contribution in [2.24, 2.45) is 5.92 Å². The molecule has 2 rings (SSSR count). The molecule has 0 bridgehead atoms. The Hall–Kier alpha value is -0.500. The van der Waals surface area contributed by atoms with Gasteiger partial charge in [-0.05, 0) is 25.2 Å². The molecular weight excluding hydrogens is 196 g/mol. The molecule has 2 nitrogen and oxygen atoms in total. The van der Waals surface area contributed by atoms with Crippen molar-refractivity contribution >= 4 is 11.6 Å². The first-order valence-electron chi connectivity index (χ1n) is 5.46. The van der Waals surface area contributed by atoms with E-state index >= 15 is 0 Å². The number of imidazole rings is 1. The predicted octanol–water partition coefficient (Wildman–Crippen LogP) is 3.07. The second-order valence-corrected chi connectivity index (χ2v) is 4.63. The number of rotatable bonds is 2. The van der Waals surface area contributed by atoms with Gasteiger partial charge in [0.15, 0.2) is 5.15 Å². The molecule has 1 aliphatic rings. The number of hydrogen-bond acceptors (Lipinski definition) is 1. The molecule has 3 heteroatoms. The molecule has 0 aromatic carbocycles. The lowest BCUT2D eigenvalue weighted by molar-refractivity contribution is 0.390. The molecule has 1 aromatic heterocycles. The molecule has 1 atom stereocenters. The third-order valence-corrected chi connectivity index (χ3v) is 3.25. The number of nitrogens with zero attached hydrogens (tertiary/aromatic N) is 2. The van der Waals surface area contributed by atoms with Crippen molar-refractivity contribution < 1.29 is 0 Å². The minimum atomic E-state index is 0.736. The zero-order chi connectivity index (χ0) is 10.1. The van der Waals surface area contributed by atoms with Crippen LogP contribution in [-0.2, 0) is 19.4 Å². The highest BCUT2D eigenvalue weighted by atomic mass is 35.5. The van der Waals surface area contributed by atoms with Gasteiger partial charge in [-0.3, -0.25) is 0 Å². The van der Waals surface area contributed by atoms with Gasteiger partial charge in [0.05, 0.1) is 5.69 Å². The minimum absolute atomic E-state index is 0.736. The van der Waals surface area contributed by atoms with Crippen LogP contribution in [0.3, 0.4) is 0 Å². The highest BCUT2D eigenvalue weighted by Crippen LogP contribution is 2.27. The van der Waals surface area contributed by atoms with Crippen molar-refractivity contribution in [1.29, 1.82) is 0 Å². The Balaban J connectivity index is 2.34. The number of hydrogen-bond donors (Lipinski definition) is 0. The van der Waals surface area contributed by atoms with E-state index < -0.39 is 0 Å². The van der Waals surface area contributed by atoms with Crippen molar-refractivity contribution in [3.63, 3.8) is 0 Å². The van der Waals surface area contributed by atoms with Crippen molar-refractivity contribution in [1.82, 2.24) is 9.55 Å². The molecule has 78 valence electrons. The summed E-state index contributed by atoms with van der Waals surface area (Å²) >= 11 is 6.11. The molecule has 14 heavy (non-hydrogen) atoms. The molecular formula is C11H17ClN2. The van der Waals surface area contributed by atoms with E-state index in [0.29, 0.717) is 0 Å². The molecule has 1 aliphatic heterocycles. The average Bonchev–Trinajstić information content (AvgIpc) is 2.44. The third kappa shape index (κ3) is 1.68. The highest BCUT2D eigenvalue weighted by molar-refractivity contribution is 6.30. The van der Waals surface area contributed by atoms with Crippen LogP contribution in [0.2, 0.25) is 5.15 Å². The van der Waals surface area contributed by atoms with E-state index in [1.54, 1.807) is 0 Å². The smallest absolute Gasteiger partial charge is 0.150 e. The van der Waals surface area contributed by atoms with Crippen LogP contribution in [0.5, 0.6) is 0 Å². The lowest BCUT2D eigenvalue weighted by atomic mass is 10.0. The first-order valence-corrected chi connectivity index (χ1v) is 5.84. The van der Waals surface area contributed by atoms with Crippen LogP contribution in [-0.4, -0.2) is 9.55 Å². The van der Waals surface area contributed by atoms with Crippen LogP contribution in [0.15, 0.2) is 0 Å². The fourth-order valence-electron chi connectivity index (χ4n) is 2.16. The zero-order valence-electron chi connectivity index (χ0n) is 8.89. The van der Waals surface area contributed by atoms with Crippen LogP contribution in [0.25, 0.3) is 0 Å². The second-order valence-electron chi connectivity index (χ2n) is 4.27. The Morgan fingerprint density at radius 1 is 1.57 bits per heavy atom. The van der Waals surface area contributed by atoms with E-state index in [-0.39, 0.29) is 0 Å². The van der Waals surface area contributed by atoms with Crippen LogP contribution < -0.4 is 0 Å². The van der Waals surface area contributed by atoms with Crippen molar-refractivity contribution in [3.8, 4) is 0 Å². The maximum absolute atomic E-state index is 6.11. The van der Waals surface area contributed by atoms with E-state index in [4.69, 9.17) is 11.6 Å². The Kier molecular flexibility index (Phi) is 2.82. The molecule has 1 aromatic rings. The van der Waals surface area contributed by atoms with Crippen LogP contribution in [0.1, 0.15) is 38.2 Å². The summed E-state index contributed by atoms with van der Waals surface area (Å²) in [4.78, 5) is 4.44. The first-order chi connectivity index (χ1) is 6.72. The Morgan fingerprint density at radius 2 is 2.36 bits per heavy atom. The summed E-state index contributed by atoms with van der Waals surface area (Å²) in [6.45, 7) is 5.58. The monoisotopic (exact) mass is 212 g/mol. The second kappa shape index (κ2) is 3.93. The fourth-order valence-corrected chi connectivity index (χ4v) is 2.45. The SMILES string of the molecule is CCCc1nc(Cl)c2n1CC(C)CC2. The summed E-state index contributed by atoms with van der Waals surface area (Å²) in [5.41, 5.74) is 1.26. The molecule has 0 spiro atoms. The van der Waals surface area contributed by atoms with E-state index in [9.17, 15) is 0 Å². The van der Waals surface area contributed by atoms with Crippen molar-refractivity contribution in [2.75, 3.05) is 0 Å². The maximum atomic E-state index is 6.11. The van der Waals surface area contributed by atoms with Gasteiger partial charge in [-0.2, -0.15) is 0 Å². The number of aryl methyl sites for hydroxylation is 1. The zero-order valence-corrected chi connectivity index (χ0v) is 9.64. The van der Waals surface area contributed by atoms with Gasteiger partial charge in [0.2, 0.25) is 0 Å². The third-order valence-electron chi connectivity index (χ3n) is 2.94. The highest BCUT2D eigenvalue weighted by Gasteiger charge is 2.21. The summed E-state index contributed by atoms with van der Waals surface area (Å²) in [7, 11) is 0. The molecule has 0 fully saturated rings. The topological polar surface area (TPSA) is 17.8 Å². The van der Waals surface area contributed by atoms with Gasteiger partial charge < -0.3 is 4.57 Å². The Morgan fingerprint density at radius 3 is 3.07 bits per heavy atom. The average molecular weight is 213 g/mol. The first kappa shape index (κ1) is 10.0. The van der Waals surface area contributed by atoms with Gasteiger partial charge in [-0.1, -0.05) is 25.4 Å². The number of fused-ring (bicyclic) bond motifs is 1. The molecule has 0 radical (unpaired) electrons. The van der Waals surface area contributed by atoms with Crippen LogP contribution in [0, 0.1) is 5.92 Å². The van der Waals surface area contributed by atoms with Gasteiger partial charge >= 0.3 is 0 Å². The normalized spacial score (nSPS) is 20.9. The van der Waals surface area contributed by atoms with Gasteiger partial charge in [0.1, 0.15) is 5.82 Å². The minimum Gasteiger partial charge on any atom is -0.330 e. The molecule has 0 aliphatic carbocycles. The lowest BCUT2D eigenvalue weighted by Crippen LogP contribution is -2.19. The summed E-state index contributed by atoms with van der Waals surface area (Å²) in [6.07, 6.45) is 4.53. The van der Waals surface area contributed by atoms with Crippen molar-refractivity contribution in [2.45, 2.75) is 46.1 Å². The lowest BCUT2D eigenvalue weighted by Gasteiger charge is -2.22. The van der Waals surface area contributed by atoms with E-state index in [1.165, 1.54) is 17.9 Å². The Labute approximate surface area is 90.3 Å². The van der Waals surface area contributed by atoms with Crippen LogP contribution in [0.4, 0.5) is 0 Å². The molecule has 1 unspecified atom stereocenters. The molecule has 0 amide bonds. The number of aromatic nitrogens is 2. The maximum Gasteiger partial charge on any atom is 0.150 e. The Bertz CT molecular complexity index is 330. The fraction of sp³-hybridized carbons (Fsp3) is 0.727. The van der Waals surface area contributed by atoms with Crippen molar-refractivity contribution in [3.05, 3.63) is 16.7 Å².